The zero-order valence-corrected chi connectivity index (χ0v) is 20.6. The zero-order valence-electron chi connectivity index (χ0n) is 19.8. The van der Waals surface area contributed by atoms with E-state index in [9.17, 15) is 18.0 Å². The van der Waals surface area contributed by atoms with E-state index >= 15 is 0 Å². The van der Waals surface area contributed by atoms with Gasteiger partial charge in [-0.3, -0.25) is 9.18 Å². The van der Waals surface area contributed by atoms with Crippen LogP contribution in [0.25, 0.3) is 10.9 Å². The average molecular weight is 523 g/mol. The number of benzene rings is 1. The van der Waals surface area contributed by atoms with Crippen LogP contribution in [0, 0.1) is 5.92 Å². The second-order valence-corrected chi connectivity index (χ2v) is 9.72. The highest BCUT2D eigenvalue weighted by molar-refractivity contribution is 6.32. The number of hydrogen-bond acceptors (Lipinski definition) is 7. The molecule has 0 spiro atoms. The Morgan fingerprint density at radius 2 is 2.17 bits per heavy atom. The highest BCUT2D eigenvalue weighted by Gasteiger charge is 2.41. The number of aryl methyl sites for hydroxylation is 1. The molecule has 2 atom stereocenters. The van der Waals surface area contributed by atoms with Crippen LogP contribution in [0.15, 0.2) is 29.2 Å². The van der Waals surface area contributed by atoms with Crippen LogP contribution < -0.4 is 25.8 Å². The molecule has 0 bridgehead atoms. The van der Waals surface area contributed by atoms with Crippen LogP contribution in [0.2, 0.25) is 5.02 Å². The van der Waals surface area contributed by atoms with Crippen LogP contribution in [0.5, 0.6) is 5.75 Å². The van der Waals surface area contributed by atoms with Crippen molar-refractivity contribution in [2.24, 2.45) is 13.0 Å². The summed E-state index contributed by atoms with van der Waals surface area (Å²) in [7, 11) is 1.56. The number of aromatic nitrogens is 3. The number of anilines is 4. The van der Waals surface area contributed by atoms with Gasteiger partial charge in [0.15, 0.2) is 12.4 Å². The lowest BCUT2D eigenvalue weighted by Gasteiger charge is -2.31. The fraction of sp³-hybridized carbons (Fsp3) is 0.458. The standard InChI is InChI=1S/C24H26ClF3N6O2/c1-13-24(27,28)12-36-20-19(30-13)16-8-15(5-6-18(16)33(2)22(20)35)31-21-17(25)10-29-23(32-21)34-7-3-4-14(9-26)11-34/h5-6,8,10,13-14,30H,3-4,7,9,11-12H2,1-2H3,(H,29,31,32)/t13-,14?/m0/s1. The summed E-state index contributed by atoms with van der Waals surface area (Å²) in [5.74, 6) is -2.57. The van der Waals surface area contributed by atoms with E-state index < -0.39 is 24.1 Å². The number of ether oxygens (including phenoxy) is 1. The number of halogens is 4. The lowest BCUT2D eigenvalue weighted by atomic mass is 10.00. The lowest BCUT2D eigenvalue weighted by molar-refractivity contribution is -0.0487. The van der Waals surface area contributed by atoms with Crippen LogP contribution in [-0.2, 0) is 7.05 Å². The Hall–Kier alpha value is -3.21. The van der Waals surface area contributed by atoms with E-state index in [2.05, 4.69) is 20.6 Å². The van der Waals surface area contributed by atoms with Crippen molar-refractivity contribution in [1.29, 1.82) is 0 Å². The average Bonchev–Trinajstić information content (AvgIpc) is 2.99. The molecule has 5 rings (SSSR count). The normalized spacial score (nSPS) is 21.3. The fourth-order valence-corrected chi connectivity index (χ4v) is 4.74. The predicted molar refractivity (Wildman–Crippen MR) is 134 cm³/mol. The zero-order chi connectivity index (χ0) is 25.6. The minimum absolute atomic E-state index is 0.0543. The maximum absolute atomic E-state index is 14.3. The van der Waals surface area contributed by atoms with E-state index in [1.165, 1.54) is 17.7 Å². The maximum Gasteiger partial charge on any atom is 0.300 e. The van der Waals surface area contributed by atoms with E-state index in [0.29, 0.717) is 34.9 Å². The van der Waals surface area contributed by atoms with E-state index in [-0.39, 0.29) is 29.1 Å². The molecule has 2 aliphatic rings. The minimum Gasteiger partial charge on any atom is -0.480 e. The summed E-state index contributed by atoms with van der Waals surface area (Å²) in [5, 5.41) is 6.75. The molecule has 0 amide bonds. The summed E-state index contributed by atoms with van der Waals surface area (Å²) in [4.78, 5) is 23.6. The van der Waals surface area contributed by atoms with Crippen molar-refractivity contribution in [2.75, 3.05) is 41.9 Å². The first-order valence-corrected chi connectivity index (χ1v) is 12.1. The van der Waals surface area contributed by atoms with Crippen molar-refractivity contribution in [2.45, 2.75) is 31.7 Å². The van der Waals surface area contributed by atoms with Gasteiger partial charge in [0.2, 0.25) is 11.7 Å². The Kier molecular flexibility index (Phi) is 6.36. The molecule has 12 heteroatoms. The number of hydrogen-bond donors (Lipinski definition) is 2. The first-order chi connectivity index (χ1) is 17.2. The van der Waals surface area contributed by atoms with E-state index in [0.717, 1.165) is 19.4 Å². The SMILES string of the molecule is C[C@@H]1Nc2c(c(=O)n(C)c3ccc(Nc4nc(N5CCCC(CF)C5)ncc4Cl)cc23)OCC1(F)F. The molecule has 0 radical (unpaired) electrons. The van der Waals surface area contributed by atoms with Crippen LogP contribution in [0.3, 0.4) is 0 Å². The van der Waals surface area contributed by atoms with Gasteiger partial charge in [0, 0.05) is 37.1 Å². The highest BCUT2D eigenvalue weighted by Crippen LogP contribution is 2.38. The number of alkyl halides is 3. The molecule has 0 aliphatic carbocycles. The summed E-state index contributed by atoms with van der Waals surface area (Å²) in [6.45, 7) is 1.32. The van der Waals surface area contributed by atoms with Crippen molar-refractivity contribution in [3.05, 3.63) is 39.8 Å². The topological polar surface area (TPSA) is 84.3 Å². The molecule has 2 aliphatic heterocycles. The molecule has 36 heavy (non-hydrogen) atoms. The molecular formula is C24H26ClF3N6O2. The molecule has 0 saturated carbocycles. The molecule has 2 aromatic heterocycles. The Labute approximate surface area is 210 Å². The van der Waals surface area contributed by atoms with Crippen molar-refractivity contribution in [1.82, 2.24) is 14.5 Å². The second-order valence-electron chi connectivity index (χ2n) is 9.32. The molecule has 192 valence electrons. The number of rotatable bonds is 4. The first kappa shape index (κ1) is 24.5. The first-order valence-electron chi connectivity index (χ1n) is 11.7. The summed E-state index contributed by atoms with van der Waals surface area (Å²) in [6.07, 6.45) is 3.17. The van der Waals surface area contributed by atoms with Crippen LogP contribution in [-0.4, -0.2) is 52.9 Å². The monoisotopic (exact) mass is 522 g/mol. The molecule has 8 nitrogen and oxygen atoms in total. The molecule has 1 fully saturated rings. The van der Waals surface area contributed by atoms with Gasteiger partial charge in [0.05, 0.1) is 30.1 Å². The van der Waals surface area contributed by atoms with Gasteiger partial charge < -0.3 is 24.8 Å². The molecule has 1 saturated heterocycles. The maximum atomic E-state index is 14.3. The molecular weight excluding hydrogens is 497 g/mol. The van der Waals surface area contributed by atoms with E-state index in [1.807, 2.05) is 4.90 Å². The number of piperidine rings is 1. The van der Waals surface area contributed by atoms with Crippen molar-refractivity contribution in [3.63, 3.8) is 0 Å². The van der Waals surface area contributed by atoms with Gasteiger partial charge in [-0.15, -0.1) is 0 Å². The Bertz CT molecular complexity index is 1370. The Balaban J connectivity index is 1.52. The molecule has 4 heterocycles. The quantitative estimate of drug-likeness (QED) is 0.512. The van der Waals surface area contributed by atoms with Gasteiger partial charge in [-0.2, -0.15) is 4.98 Å². The Morgan fingerprint density at radius 1 is 1.36 bits per heavy atom. The third-order valence-electron chi connectivity index (χ3n) is 6.77. The number of nitrogens with zero attached hydrogens (tertiary/aromatic N) is 4. The number of fused-ring (bicyclic) bond motifs is 3. The highest BCUT2D eigenvalue weighted by atomic mass is 35.5. The van der Waals surface area contributed by atoms with Crippen LogP contribution in [0.1, 0.15) is 19.8 Å². The molecule has 1 unspecified atom stereocenters. The van der Waals surface area contributed by atoms with Crippen LogP contribution >= 0.6 is 11.6 Å². The number of nitrogens with one attached hydrogen (secondary N) is 2. The smallest absolute Gasteiger partial charge is 0.300 e. The van der Waals surface area contributed by atoms with Gasteiger partial charge in [-0.05, 0) is 38.0 Å². The fourth-order valence-electron chi connectivity index (χ4n) is 4.60. The van der Waals surface area contributed by atoms with Gasteiger partial charge in [-0.25, -0.2) is 13.8 Å². The summed E-state index contributed by atoms with van der Waals surface area (Å²) < 4.78 is 48.6. The van der Waals surface area contributed by atoms with Gasteiger partial charge in [-0.1, -0.05) is 11.6 Å². The molecule has 1 aromatic carbocycles. The van der Waals surface area contributed by atoms with E-state index in [1.54, 1.807) is 25.2 Å². The predicted octanol–water partition coefficient (Wildman–Crippen LogP) is 4.74. The summed E-state index contributed by atoms with van der Waals surface area (Å²) in [6, 6.07) is 3.92. The molecule has 3 aromatic rings. The number of pyridine rings is 1. The summed E-state index contributed by atoms with van der Waals surface area (Å²) >= 11 is 6.37. The third-order valence-corrected chi connectivity index (χ3v) is 7.05. The second kappa shape index (κ2) is 9.34. The van der Waals surface area contributed by atoms with Gasteiger partial charge in [0.25, 0.3) is 5.56 Å². The third kappa shape index (κ3) is 4.40. The largest absolute Gasteiger partial charge is 0.480 e. The van der Waals surface area contributed by atoms with Gasteiger partial charge in [0.1, 0.15) is 5.02 Å². The van der Waals surface area contributed by atoms with Crippen molar-refractivity contribution < 1.29 is 17.9 Å². The van der Waals surface area contributed by atoms with Gasteiger partial charge >= 0.3 is 5.92 Å². The molecule has 2 N–H and O–H groups in total. The summed E-state index contributed by atoms with van der Waals surface area (Å²) in [5.41, 5.74) is 0.812. The van der Waals surface area contributed by atoms with Crippen molar-refractivity contribution >= 4 is 45.6 Å². The van der Waals surface area contributed by atoms with Crippen LogP contribution in [0.4, 0.5) is 36.3 Å². The van der Waals surface area contributed by atoms with Crippen molar-refractivity contribution in [3.8, 4) is 5.75 Å². The minimum atomic E-state index is -3.16. The lowest BCUT2D eigenvalue weighted by Crippen LogP contribution is -2.40. The van der Waals surface area contributed by atoms with E-state index in [4.69, 9.17) is 16.3 Å². The Morgan fingerprint density at radius 3 is 2.94 bits per heavy atom.